The van der Waals surface area contributed by atoms with Crippen molar-refractivity contribution in [1.29, 1.82) is 0 Å². The fourth-order valence-electron chi connectivity index (χ4n) is 4.52. The van der Waals surface area contributed by atoms with Gasteiger partial charge in [0.05, 0.1) is 37.5 Å². The number of carbonyl (C=O) groups excluding carboxylic acids is 2. The molecule has 156 valence electrons. The van der Waals surface area contributed by atoms with Crippen molar-refractivity contribution < 1.29 is 19.1 Å². The lowest BCUT2D eigenvalue weighted by Gasteiger charge is -2.16. The molecule has 0 radical (unpaired) electrons. The zero-order valence-electron chi connectivity index (χ0n) is 16.7. The first-order chi connectivity index (χ1) is 14.5. The van der Waals surface area contributed by atoms with Crippen molar-refractivity contribution in [3.05, 3.63) is 48.3 Å². The van der Waals surface area contributed by atoms with Crippen LogP contribution in [-0.4, -0.2) is 49.4 Å². The maximum absolute atomic E-state index is 12.2. The lowest BCUT2D eigenvalue weighted by molar-refractivity contribution is -0.119. The second kappa shape index (κ2) is 7.07. The van der Waals surface area contributed by atoms with Crippen LogP contribution in [0.3, 0.4) is 0 Å². The van der Waals surface area contributed by atoms with Crippen LogP contribution in [0, 0.1) is 11.8 Å². The lowest BCUT2D eigenvalue weighted by Crippen LogP contribution is -2.33. The van der Waals surface area contributed by atoms with Gasteiger partial charge < -0.3 is 20.5 Å². The van der Waals surface area contributed by atoms with E-state index < -0.39 is 6.09 Å². The van der Waals surface area contributed by atoms with Crippen molar-refractivity contribution in [2.24, 2.45) is 17.6 Å². The Morgan fingerprint density at radius 3 is 2.53 bits per heavy atom. The monoisotopic (exact) mass is 408 g/mol. The first-order valence-corrected chi connectivity index (χ1v) is 10.1. The third-order valence-corrected chi connectivity index (χ3v) is 6.37. The zero-order valence-corrected chi connectivity index (χ0v) is 16.7. The number of carbonyl (C=O) groups is 2. The highest BCUT2D eigenvalue weighted by Crippen LogP contribution is 2.58. The summed E-state index contributed by atoms with van der Waals surface area (Å²) in [5.74, 6) is 0.613. The van der Waals surface area contributed by atoms with Crippen molar-refractivity contribution in [2.75, 3.05) is 31.2 Å². The van der Waals surface area contributed by atoms with Crippen molar-refractivity contribution in [3.63, 3.8) is 0 Å². The Labute approximate surface area is 174 Å². The molecule has 8 nitrogen and oxygen atoms in total. The Balaban J connectivity index is 1.26. The summed E-state index contributed by atoms with van der Waals surface area (Å²) in [6.07, 6.45) is 1.09. The summed E-state index contributed by atoms with van der Waals surface area (Å²) in [7, 11) is 0. The number of fused-ring (bicyclic) bond motifs is 1. The third-order valence-electron chi connectivity index (χ3n) is 6.37. The smallest absolute Gasteiger partial charge is 0.414 e. The van der Waals surface area contributed by atoms with E-state index in [9.17, 15) is 9.59 Å². The number of anilines is 1. The minimum Gasteiger partial charge on any atom is -0.442 e. The number of aromatic nitrogens is 1. The number of hydrogen-bond donors (Lipinski definition) is 2. The predicted octanol–water partition coefficient (Wildman–Crippen LogP) is 1.64. The Morgan fingerprint density at radius 2 is 1.90 bits per heavy atom. The quantitative estimate of drug-likeness (QED) is 0.779. The number of benzene rings is 1. The molecule has 2 amide bonds. The molecule has 2 saturated heterocycles. The number of rotatable bonds is 5. The Kier molecular flexibility index (Phi) is 4.48. The number of ether oxygens (including phenoxy) is 2. The first kappa shape index (κ1) is 19.0. The third kappa shape index (κ3) is 3.12. The highest BCUT2D eigenvalue weighted by Gasteiger charge is 2.66. The van der Waals surface area contributed by atoms with Gasteiger partial charge >= 0.3 is 6.09 Å². The van der Waals surface area contributed by atoms with E-state index in [2.05, 4.69) is 10.3 Å². The highest BCUT2D eigenvalue weighted by atomic mass is 16.6. The minimum atomic E-state index is -0.406. The summed E-state index contributed by atoms with van der Waals surface area (Å²) in [6.45, 7) is 3.59. The Bertz CT molecular complexity index is 966. The molecule has 1 saturated carbocycles. The molecule has 2 unspecified atom stereocenters. The second-order valence-electron chi connectivity index (χ2n) is 8.22. The molecule has 3 heterocycles. The van der Waals surface area contributed by atoms with Crippen LogP contribution >= 0.6 is 0 Å². The van der Waals surface area contributed by atoms with Crippen LogP contribution in [0.4, 0.5) is 10.5 Å². The Morgan fingerprint density at radius 1 is 1.20 bits per heavy atom. The molecule has 0 spiro atoms. The van der Waals surface area contributed by atoms with E-state index in [1.165, 1.54) is 6.92 Å². The van der Waals surface area contributed by atoms with E-state index in [0.717, 1.165) is 35.7 Å². The van der Waals surface area contributed by atoms with E-state index in [1.807, 2.05) is 42.6 Å². The molecule has 1 aromatic carbocycles. The summed E-state index contributed by atoms with van der Waals surface area (Å²) in [6, 6.07) is 11.7. The molecule has 2 aliphatic heterocycles. The zero-order chi connectivity index (χ0) is 20.9. The number of cyclic esters (lactones) is 1. The second-order valence-corrected chi connectivity index (χ2v) is 8.22. The van der Waals surface area contributed by atoms with Crippen molar-refractivity contribution >= 4 is 17.7 Å². The van der Waals surface area contributed by atoms with Gasteiger partial charge in [0.1, 0.15) is 6.10 Å². The fraction of sp³-hybridized carbons (Fsp3) is 0.409. The molecule has 3 atom stereocenters. The summed E-state index contributed by atoms with van der Waals surface area (Å²) in [5, 5.41) is 2.68. The van der Waals surface area contributed by atoms with Crippen LogP contribution < -0.4 is 16.0 Å². The van der Waals surface area contributed by atoms with Gasteiger partial charge in [0.25, 0.3) is 0 Å². The van der Waals surface area contributed by atoms with Crippen LogP contribution in [0.15, 0.2) is 42.6 Å². The van der Waals surface area contributed by atoms with Crippen LogP contribution in [0.25, 0.3) is 11.1 Å². The molecule has 3 fully saturated rings. The van der Waals surface area contributed by atoms with Gasteiger partial charge in [-0.05, 0) is 23.8 Å². The minimum absolute atomic E-state index is 0.146. The van der Waals surface area contributed by atoms with Gasteiger partial charge in [-0.3, -0.25) is 14.7 Å². The van der Waals surface area contributed by atoms with Gasteiger partial charge in [0.2, 0.25) is 5.91 Å². The first-order valence-electron chi connectivity index (χ1n) is 10.1. The normalized spacial score (nSPS) is 29.5. The highest BCUT2D eigenvalue weighted by molar-refractivity contribution is 5.90. The van der Waals surface area contributed by atoms with Gasteiger partial charge in [0, 0.05) is 36.2 Å². The molecular formula is C22H24N4O4. The molecule has 5 rings (SSSR count). The van der Waals surface area contributed by atoms with Crippen LogP contribution in [-0.2, 0) is 19.8 Å². The molecule has 3 N–H and O–H groups in total. The average Bonchev–Trinajstić information content (AvgIpc) is 3.14. The number of pyridine rings is 1. The number of hydrogen-bond acceptors (Lipinski definition) is 6. The standard InChI is InChI=1S/C22H24N4O4/c1-13(27)24-9-17-10-26(21(28)30-17)16-5-2-14(3-6-16)15-4-7-20(25-8-15)22(23)18-11-29-12-19(18)22/h2-8,17-19H,9-12,23H2,1H3,(H,24,27)/t17-,18?,19?,22?/m0/s1. The van der Waals surface area contributed by atoms with E-state index in [0.29, 0.717) is 24.9 Å². The van der Waals surface area contributed by atoms with Crippen LogP contribution in [0.5, 0.6) is 0 Å². The summed E-state index contributed by atoms with van der Waals surface area (Å²) in [5.41, 5.74) is 9.87. The summed E-state index contributed by atoms with van der Waals surface area (Å²) >= 11 is 0. The van der Waals surface area contributed by atoms with Gasteiger partial charge in [-0.1, -0.05) is 18.2 Å². The van der Waals surface area contributed by atoms with Gasteiger partial charge in [-0.25, -0.2) is 4.79 Å². The molecule has 1 aliphatic carbocycles. The topological polar surface area (TPSA) is 107 Å². The number of amides is 2. The predicted molar refractivity (Wildman–Crippen MR) is 110 cm³/mol. The average molecular weight is 408 g/mol. The molecule has 3 aliphatic rings. The molecule has 8 heteroatoms. The number of nitrogens with zero attached hydrogens (tertiary/aromatic N) is 2. The molecule has 30 heavy (non-hydrogen) atoms. The number of nitrogens with one attached hydrogen (secondary N) is 1. The maximum Gasteiger partial charge on any atom is 0.414 e. The summed E-state index contributed by atoms with van der Waals surface area (Å²) in [4.78, 5) is 29.4. The Hall–Kier alpha value is -2.97. The van der Waals surface area contributed by atoms with Gasteiger partial charge in [-0.15, -0.1) is 0 Å². The van der Waals surface area contributed by atoms with Gasteiger partial charge in [0.15, 0.2) is 0 Å². The van der Waals surface area contributed by atoms with Crippen molar-refractivity contribution in [2.45, 2.75) is 18.6 Å². The largest absolute Gasteiger partial charge is 0.442 e. The van der Waals surface area contributed by atoms with E-state index in [4.69, 9.17) is 15.2 Å². The fourth-order valence-corrected chi connectivity index (χ4v) is 4.52. The molecule has 0 bridgehead atoms. The van der Waals surface area contributed by atoms with E-state index in [-0.39, 0.29) is 17.6 Å². The molecular weight excluding hydrogens is 384 g/mol. The lowest BCUT2D eigenvalue weighted by atomic mass is 10.0. The van der Waals surface area contributed by atoms with E-state index in [1.54, 1.807) is 4.90 Å². The SMILES string of the molecule is CC(=O)NC[C@H]1CN(c2ccc(-c3ccc(C4(N)C5COCC54)nc3)cc2)C(=O)O1. The van der Waals surface area contributed by atoms with Gasteiger partial charge in [-0.2, -0.15) is 0 Å². The maximum atomic E-state index is 12.2. The molecule has 2 aromatic rings. The van der Waals surface area contributed by atoms with Crippen molar-refractivity contribution in [3.8, 4) is 11.1 Å². The van der Waals surface area contributed by atoms with Crippen LogP contribution in [0.1, 0.15) is 12.6 Å². The molecule has 1 aromatic heterocycles. The van der Waals surface area contributed by atoms with Crippen LogP contribution in [0.2, 0.25) is 0 Å². The van der Waals surface area contributed by atoms with Crippen molar-refractivity contribution in [1.82, 2.24) is 10.3 Å². The number of nitrogens with two attached hydrogens (primary N) is 1. The summed E-state index contributed by atoms with van der Waals surface area (Å²) < 4.78 is 10.8. The van der Waals surface area contributed by atoms with E-state index >= 15 is 0 Å².